The molecule has 19 heavy (non-hydrogen) atoms. The van der Waals surface area contributed by atoms with Crippen molar-refractivity contribution in [3.8, 4) is 22.6 Å². The molecule has 0 atom stereocenters. The number of nitrogens with one attached hydrogen (secondary N) is 1. The number of aromatic amines is 1. The van der Waals surface area contributed by atoms with Crippen molar-refractivity contribution in [3.63, 3.8) is 0 Å². The van der Waals surface area contributed by atoms with E-state index in [2.05, 4.69) is 15.0 Å². The van der Waals surface area contributed by atoms with Crippen LogP contribution in [0.5, 0.6) is 0 Å². The highest BCUT2D eigenvalue weighted by molar-refractivity contribution is 6.30. The Kier molecular flexibility index (Phi) is 3.05. The summed E-state index contributed by atoms with van der Waals surface area (Å²) in [7, 11) is 0. The molecule has 0 saturated carbocycles. The number of pyridine rings is 1. The number of halogens is 1. The second-order valence-electron chi connectivity index (χ2n) is 4.31. The normalized spacial score (nSPS) is 10.6. The van der Waals surface area contributed by atoms with Gasteiger partial charge in [-0.15, -0.1) is 0 Å². The Labute approximate surface area is 116 Å². The summed E-state index contributed by atoms with van der Waals surface area (Å²) in [6.07, 6.45) is 3.54. The van der Waals surface area contributed by atoms with E-state index in [0.29, 0.717) is 0 Å². The lowest BCUT2D eigenvalue weighted by molar-refractivity contribution is 1.23. The van der Waals surface area contributed by atoms with E-state index < -0.39 is 0 Å². The monoisotopic (exact) mass is 269 g/mol. The van der Waals surface area contributed by atoms with Crippen LogP contribution in [0.3, 0.4) is 0 Å². The van der Waals surface area contributed by atoms with E-state index in [0.717, 1.165) is 33.4 Å². The van der Waals surface area contributed by atoms with Crippen LogP contribution in [-0.2, 0) is 0 Å². The van der Waals surface area contributed by atoms with E-state index in [4.69, 9.17) is 11.6 Å². The van der Waals surface area contributed by atoms with E-state index in [1.165, 1.54) is 0 Å². The molecule has 0 aliphatic rings. The maximum absolute atomic E-state index is 5.90. The Hall–Kier alpha value is -2.13. The highest BCUT2D eigenvalue weighted by Gasteiger charge is 2.10. The molecular formula is C15H12ClN3. The quantitative estimate of drug-likeness (QED) is 0.761. The van der Waals surface area contributed by atoms with Crippen LogP contribution in [0.4, 0.5) is 0 Å². The Morgan fingerprint density at radius 1 is 1.05 bits per heavy atom. The molecular weight excluding hydrogens is 258 g/mol. The number of hydrogen-bond donors (Lipinski definition) is 1. The highest BCUT2D eigenvalue weighted by atomic mass is 35.5. The zero-order valence-corrected chi connectivity index (χ0v) is 11.1. The molecule has 0 saturated heterocycles. The molecule has 3 nitrogen and oxygen atoms in total. The summed E-state index contributed by atoms with van der Waals surface area (Å²) in [5.74, 6) is 0.829. The molecule has 0 aliphatic heterocycles. The van der Waals surface area contributed by atoms with Crippen LogP contribution in [0, 0.1) is 6.92 Å². The molecule has 94 valence electrons. The number of aryl methyl sites for hydroxylation is 1. The number of H-pyrrole nitrogens is 1. The molecule has 0 spiro atoms. The van der Waals surface area contributed by atoms with Crippen LogP contribution in [-0.4, -0.2) is 15.0 Å². The maximum Gasteiger partial charge on any atom is 0.139 e. The van der Waals surface area contributed by atoms with Crippen molar-refractivity contribution in [1.29, 1.82) is 0 Å². The molecule has 2 aromatic heterocycles. The van der Waals surface area contributed by atoms with Gasteiger partial charge >= 0.3 is 0 Å². The number of aromatic nitrogens is 3. The van der Waals surface area contributed by atoms with Gasteiger partial charge in [0.05, 0.1) is 5.69 Å². The van der Waals surface area contributed by atoms with Crippen molar-refractivity contribution >= 4 is 11.6 Å². The average Bonchev–Trinajstić information content (AvgIpc) is 2.83. The largest absolute Gasteiger partial charge is 0.341 e. The van der Waals surface area contributed by atoms with Crippen LogP contribution in [0.15, 0.2) is 48.8 Å². The first kappa shape index (κ1) is 11.9. The Morgan fingerprint density at radius 3 is 2.53 bits per heavy atom. The third-order valence-corrected chi connectivity index (χ3v) is 3.19. The molecule has 3 rings (SSSR count). The highest BCUT2D eigenvalue weighted by Crippen LogP contribution is 2.26. The fraction of sp³-hybridized carbons (Fsp3) is 0.0667. The number of rotatable bonds is 2. The molecule has 0 amide bonds. The Morgan fingerprint density at radius 2 is 1.84 bits per heavy atom. The van der Waals surface area contributed by atoms with Gasteiger partial charge in [-0.3, -0.25) is 4.98 Å². The van der Waals surface area contributed by atoms with Gasteiger partial charge in [0.25, 0.3) is 0 Å². The molecule has 0 unspecified atom stereocenters. The minimum atomic E-state index is 0.726. The second-order valence-corrected chi connectivity index (χ2v) is 4.74. The van der Waals surface area contributed by atoms with E-state index in [1.54, 1.807) is 12.4 Å². The Balaban J connectivity index is 2.05. The summed E-state index contributed by atoms with van der Waals surface area (Å²) in [5, 5.41) is 0.726. The molecule has 0 radical (unpaired) electrons. The molecule has 0 bridgehead atoms. The van der Waals surface area contributed by atoms with E-state index in [1.807, 2.05) is 43.3 Å². The second kappa shape index (κ2) is 4.86. The smallest absolute Gasteiger partial charge is 0.139 e. The summed E-state index contributed by atoms with van der Waals surface area (Å²) in [6, 6.07) is 11.6. The Bertz CT molecular complexity index is 687. The van der Waals surface area contributed by atoms with Crippen molar-refractivity contribution < 1.29 is 0 Å². The summed E-state index contributed by atoms with van der Waals surface area (Å²) in [4.78, 5) is 12.0. The van der Waals surface area contributed by atoms with E-state index in [-0.39, 0.29) is 0 Å². The number of benzene rings is 1. The maximum atomic E-state index is 5.90. The van der Waals surface area contributed by atoms with Gasteiger partial charge in [-0.1, -0.05) is 23.7 Å². The molecule has 1 N–H and O–H groups in total. The predicted octanol–water partition coefficient (Wildman–Crippen LogP) is 4.10. The average molecular weight is 270 g/mol. The van der Waals surface area contributed by atoms with Gasteiger partial charge in [0.2, 0.25) is 0 Å². The minimum Gasteiger partial charge on any atom is -0.341 e. The first-order chi connectivity index (χ1) is 9.24. The fourth-order valence-electron chi connectivity index (χ4n) is 1.99. The van der Waals surface area contributed by atoms with Gasteiger partial charge in [-0.05, 0) is 31.2 Å². The fourth-order valence-corrected chi connectivity index (χ4v) is 2.11. The summed E-state index contributed by atoms with van der Waals surface area (Å²) >= 11 is 5.90. The third kappa shape index (κ3) is 2.37. The van der Waals surface area contributed by atoms with Gasteiger partial charge in [-0.25, -0.2) is 4.98 Å². The molecule has 4 heteroatoms. The predicted molar refractivity (Wildman–Crippen MR) is 77.0 cm³/mol. The standard InChI is InChI=1S/C15H12ClN3/c1-10-14(11-4-6-13(16)7-5-11)19-15(18-10)12-3-2-8-17-9-12/h2-9H,1H3,(H,18,19). The van der Waals surface area contributed by atoms with Crippen LogP contribution in [0.2, 0.25) is 5.02 Å². The lowest BCUT2D eigenvalue weighted by Gasteiger charge is -1.98. The number of nitrogens with zero attached hydrogens (tertiary/aromatic N) is 2. The molecule has 0 aliphatic carbocycles. The van der Waals surface area contributed by atoms with Crippen LogP contribution in [0.1, 0.15) is 5.69 Å². The van der Waals surface area contributed by atoms with Crippen molar-refractivity contribution in [2.24, 2.45) is 0 Å². The van der Waals surface area contributed by atoms with Crippen molar-refractivity contribution in [3.05, 3.63) is 59.5 Å². The number of imidazole rings is 1. The van der Waals surface area contributed by atoms with Crippen LogP contribution in [0.25, 0.3) is 22.6 Å². The van der Waals surface area contributed by atoms with Gasteiger partial charge < -0.3 is 4.98 Å². The first-order valence-electron chi connectivity index (χ1n) is 5.97. The van der Waals surface area contributed by atoms with Crippen molar-refractivity contribution in [2.45, 2.75) is 6.92 Å². The topological polar surface area (TPSA) is 41.6 Å². The van der Waals surface area contributed by atoms with E-state index >= 15 is 0 Å². The molecule has 3 aromatic rings. The lowest BCUT2D eigenvalue weighted by Crippen LogP contribution is -1.82. The minimum absolute atomic E-state index is 0.726. The van der Waals surface area contributed by atoms with Gasteiger partial charge in [-0.2, -0.15) is 0 Å². The molecule has 1 aromatic carbocycles. The van der Waals surface area contributed by atoms with Crippen LogP contribution >= 0.6 is 11.6 Å². The molecule has 0 fully saturated rings. The summed E-state index contributed by atoms with van der Waals surface area (Å²) in [5.41, 5.74) is 4.00. The third-order valence-electron chi connectivity index (χ3n) is 2.94. The van der Waals surface area contributed by atoms with Gasteiger partial charge in [0, 0.05) is 34.2 Å². The molecule has 2 heterocycles. The zero-order chi connectivity index (χ0) is 13.2. The zero-order valence-electron chi connectivity index (χ0n) is 10.4. The van der Waals surface area contributed by atoms with E-state index in [9.17, 15) is 0 Å². The van der Waals surface area contributed by atoms with Gasteiger partial charge in [0.15, 0.2) is 0 Å². The number of hydrogen-bond acceptors (Lipinski definition) is 2. The van der Waals surface area contributed by atoms with Gasteiger partial charge in [0.1, 0.15) is 5.82 Å². The first-order valence-corrected chi connectivity index (χ1v) is 6.35. The van der Waals surface area contributed by atoms with Crippen LogP contribution < -0.4 is 0 Å². The SMILES string of the molecule is Cc1[nH]c(-c2cccnc2)nc1-c1ccc(Cl)cc1. The summed E-state index contributed by atoms with van der Waals surface area (Å²) in [6.45, 7) is 2.01. The summed E-state index contributed by atoms with van der Waals surface area (Å²) < 4.78 is 0. The van der Waals surface area contributed by atoms with Crippen molar-refractivity contribution in [1.82, 2.24) is 15.0 Å². The van der Waals surface area contributed by atoms with Crippen molar-refractivity contribution in [2.75, 3.05) is 0 Å². The lowest BCUT2D eigenvalue weighted by atomic mass is 10.1.